The largest absolute Gasteiger partial charge is 0.298 e. The molecule has 11 heavy (non-hydrogen) atoms. The molecule has 0 spiro atoms. The van der Waals surface area contributed by atoms with Crippen molar-refractivity contribution < 1.29 is 0 Å². The van der Waals surface area contributed by atoms with Gasteiger partial charge >= 0.3 is 0 Å². The molecule has 0 saturated carbocycles. The molecule has 0 radical (unpaired) electrons. The smallest absolute Gasteiger partial charge is 0.225 e. The maximum absolute atomic E-state index is 7.80. The van der Waals surface area contributed by atoms with Gasteiger partial charge in [-0.2, -0.15) is 14.9 Å². The van der Waals surface area contributed by atoms with Crippen molar-refractivity contribution in [1.82, 2.24) is 15.0 Å². The van der Waals surface area contributed by atoms with Crippen LogP contribution in [0.2, 0.25) is 0 Å². The van der Waals surface area contributed by atoms with Gasteiger partial charge in [0.1, 0.15) is 17.9 Å². The minimum Gasteiger partial charge on any atom is -0.225 e. The summed E-state index contributed by atoms with van der Waals surface area (Å²) < 4.78 is 0. The molecule has 0 bridgehead atoms. The molecular formula is C3H2N8. The molecule has 0 aliphatic carbocycles. The Labute approximate surface area is 60.6 Å². The van der Waals surface area contributed by atoms with Crippen LogP contribution in [0.25, 0.3) is 10.4 Å². The molecule has 1 rings (SSSR count). The van der Waals surface area contributed by atoms with Crippen LogP contribution < -0.4 is 0 Å². The number of hydrogen-bond acceptors (Lipinski definition) is 4. The molecule has 0 fully saturated rings. The summed E-state index contributed by atoms with van der Waals surface area (Å²) in [6.45, 7) is 0. The van der Waals surface area contributed by atoms with Crippen LogP contribution in [0, 0.1) is 0 Å². The minimum atomic E-state index is 0.104. The van der Waals surface area contributed by atoms with Crippen LogP contribution in [0.1, 0.15) is 0 Å². The van der Waals surface area contributed by atoms with Gasteiger partial charge < -0.3 is 0 Å². The van der Waals surface area contributed by atoms with Crippen molar-refractivity contribution in [3.8, 4) is 0 Å². The van der Waals surface area contributed by atoms with Crippen LogP contribution >= 0.6 is 0 Å². The Kier molecular flexibility index (Phi) is 2.46. The second kappa shape index (κ2) is 3.85. The van der Waals surface area contributed by atoms with Gasteiger partial charge in [0.15, 0.2) is 0 Å². The van der Waals surface area contributed by atoms with Crippen LogP contribution in [0.4, 0.5) is 5.95 Å². The van der Waals surface area contributed by atoms with E-state index < -0.39 is 0 Å². The Hall–Kier alpha value is -2.08. The average Bonchev–Trinajstić information content (AvgIpc) is 2.07. The topological polar surface area (TPSA) is 112 Å². The van der Waals surface area contributed by atoms with E-state index in [-0.39, 0.29) is 5.95 Å². The number of aromatic nitrogens is 3. The number of nitrogens with zero attached hydrogens (tertiary/aromatic N) is 8. The van der Waals surface area contributed by atoms with Gasteiger partial charge in [0.2, 0.25) is 0 Å². The second-order valence-corrected chi connectivity index (χ2v) is 1.31. The number of hydrogen-bond donors (Lipinski definition) is 0. The van der Waals surface area contributed by atoms with Crippen molar-refractivity contribution in [2.75, 3.05) is 0 Å². The lowest BCUT2D eigenvalue weighted by Crippen LogP contribution is -1.79. The zero-order valence-electron chi connectivity index (χ0n) is 5.23. The summed E-state index contributed by atoms with van der Waals surface area (Å²) in [7, 11) is 0. The SMILES string of the molecule is [N-]=[N+]=NN=Nc1ncncn1. The molecule has 0 saturated heterocycles. The molecule has 8 heteroatoms. The Balaban J connectivity index is 2.72. The van der Waals surface area contributed by atoms with E-state index in [0.29, 0.717) is 0 Å². The molecule has 8 nitrogen and oxygen atoms in total. The van der Waals surface area contributed by atoms with Crippen LogP contribution in [0.15, 0.2) is 28.2 Å². The van der Waals surface area contributed by atoms with Crippen molar-refractivity contribution in [2.45, 2.75) is 0 Å². The molecule has 0 unspecified atom stereocenters. The monoisotopic (exact) mass is 150 g/mol. The van der Waals surface area contributed by atoms with Crippen LogP contribution in [-0.2, 0) is 0 Å². The summed E-state index contributed by atoms with van der Waals surface area (Å²) in [4.78, 5) is 13.1. The van der Waals surface area contributed by atoms with Crippen molar-refractivity contribution in [2.24, 2.45) is 15.6 Å². The summed E-state index contributed by atoms with van der Waals surface area (Å²) in [6, 6.07) is 0. The summed E-state index contributed by atoms with van der Waals surface area (Å²) in [6.07, 6.45) is 2.52. The second-order valence-electron chi connectivity index (χ2n) is 1.31. The van der Waals surface area contributed by atoms with Crippen LogP contribution in [-0.4, -0.2) is 15.0 Å². The lowest BCUT2D eigenvalue weighted by atomic mass is 11.0. The van der Waals surface area contributed by atoms with Crippen LogP contribution in [0.5, 0.6) is 0 Å². The fourth-order valence-electron chi connectivity index (χ4n) is 0.363. The maximum Gasteiger partial charge on any atom is 0.298 e. The fourth-order valence-corrected chi connectivity index (χ4v) is 0.363. The van der Waals surface area contributed by atoms with Crippen molar-refractivity contribution in [3.05, 3.63) is 23.1 Å². The van der Waals surface area contributed by atoms with E-state index >= 15 is 0 Å². The lowest BCUT2D eigenvalue weighted by molar-refractivity contribution is 0.951. The molecular weight excluding hydrogens is 148 g/mol. The van der Waals surface area contributed by atoms with Crippen molar-refractivity contribution in [1.29, 1.82) is 0 Å². The molecule has 1 heterocycles. The van der Waals surface area contributed by atoms with Gasteiger partial charge in [0, 0.05) is 5.11 Å². The fraction of sp³-hybridized carbons (Fsp3) is 0. The van der Waals surface area contributed by atoms with Gasteiger partial charge in [-0.25, -0.2) is 4.98 Å². The van der Waals surface area contributed by atoms with Gasteiger partial charge in [-0.1, -0.05) is 0 Å². The highest BCUT2D eigenvalue weighted by Crippen LogP contribution is 1.98. The molecule has 54 valence electrons. The predicted octanol–water partition coefficient (Wildman–Crippen LogP) is 1.18. The third kappa shape index (κ3) is 2.33. The van der Waals surface area contributed by atoms with E-state index in [4.69, 9.17) is 5.53 Å². The third-order valence-corrected chi connectivity index (χ3v) is 0.694. The highest BCUT2D eigenvalue weighted by Gasteiger charge is 1.89. The first-order valence-corrected chi connectivity index (χ1v) is 2.50. The lowest BCUT2D eigenvalue weighted by Gasteiger charge is -1.79. The molecule has 1 aromatic heterocycles. The van der Waals surface area contributed by atoms with Crippen molar-refractivity contribution in [3.63, 3.8) is 0 Å². The molecule has 0 atom stereocenters. The number of azide groups is 1. The standard InChI is InChI=1S/C3H2N8/c4-9-11-10-8-3-6-1-5-2-7-3/h1-2H. The Morgan fingerprint density at radius 2 is 2.09 bits per heavy atom. The molecule has 0 aliphatic heterocycles. The first-order chi connectivity index (χ1) is 5.43. The summed E-state index contributed by atoms with van der Waals surface area (Å²) in [5.74, 6) is 0.104. The zero-order valence-corrected chi connectivity index (χ0v) is 5.23. The highest BCUT2D eigenvalue weighted by atomic mass is 15.5. The Bertz CT molecular complexity index is 283. The van der Waals surface area contributed by atoms with E-state index in [1.165, 1.54) is 12.7 Å². The first kappa shape index (κ1) is 7.03. The van der Waals surface area contributed by atoms with Gasteiger partial charge in [0.25, 0.3) is 5.95 Å². The van der Waals surface area contributed by atoms with Gasteiger partial charge in [-0.05, 0) is 0 Å². The quantitative estimate of drug-likeness (QED) is 0.273. The molecule has 0 aliphatic rings. The normalized spacial score (nSPS) is 9.45. The summed E-state index contributed by atoms with van der Waals surface area (Å²) in [5.41, 5.74) is 7.80. The molecule has 0 amide bonds. The summed E-state index contributed by atoms with van der Waals surface area (Å²) in [5, 5.41) is 9.18. The zero-order chi connectivity index (χ0) is 7.94. The van der Waals surface area contributed by atoms with E-state index in [1.54, 1.807) is 0 Å². The average molecular weight is 150 g/mol. The third-order valence-electron chi connectivity index (χ3n) is 0.694. The number of rotatable bonds is 2. The van der Waals surface area contributed by atoms with Gasteiger partial charge in [0.05, 0.1) is 5.22 Å². The Morgan fingerprint density at radius 1 is 1.36 bits per heavy atom. The van der Waals surface area contributed by atoms with Crippen LogP contribution in [0.3, 0.4) is 0 Å². The molecule has 1 aromatic rings. The Morgan fingerprint density at radius 3 is 2.73 bits per heavy atom. The highest BCUT2D eigenvalue weighted by molar-refractivity contribution is 5.06. The minimum absolute atomic E-state index is 0.104. The molecule has 0 N–H and O–H groups in total. The van der Waals surface area contributed by atoms with E-state index in [2.05, 4.69) is 35.4 Å². The van der Waals surface area contributed by atoms with E-state index in [9.17, 15) is 0 Å². The molecule has 0 aromatic carbocycles. The maximum atomic E-state index is 7.80. The van der Waals surface area contributed by atoms with E-state index in [0.717, 1.165) is 0 Å². The van der Waals surface area contributed by atoms with Crippen molar-refractivity contribution >= 4 is 5.95 Å². The van der Waals surface area contributed by atoms with Gasteiger partial charge in [-0.15, -0.1) is 5.53 Å². The van der Waals surface area contributed by atoms with E-state index in [1.807, 2.05) is 0 Å². The summed E-state index contributed by atoms with van der Waals surface area (Å²) >= 11 is 0. The first-order valence-electron chi connectivity index (χ1n) is 2.50. The van der Waals surface area contributed by atoms with Gasteiger partial charge in [-0.3, -0.25) is 0 Å². The predicted molar refractivity (Wildman–Crippen MR) is 33.5 cm³/mol.